The number of aliphatic hydroxyl groups is 1. The monoisotopic (exact) mass is 201 g/mol. The van der Waals surface area contributed by atoms with E-state index in [1.165, 1.54) is 11.5 Å². The van der Waals surface area contributed by atoms with Crippen molar-refractivity contribution in [2.45, 2.75) is 12.0 Å². The number of aromatic nitrogens is 1. The molecular formula is C8H11NO3S. The molecular weight excluding hydrogens is 190 g/mol. The quantitative estimate of drug-likeness (QED) is 0.762. The lowest BCUT2D eigenvalue weighted by molar-refractivity contribution is 0.125. The fourth-order valence-corrected chi connectivity index (χ4v) is 2.19. The lowest BCUT2D eigenvalue weighted by Gasteiger charge is -2.07. The molecule has 0 unspecified atom stereocenters. The van der Waals surface area contributed by atoms with Crippen molar-refractivity contribution in [1.82, 2.24) is 4.37 Å². The third-order valence-corrected chi connectivity index (χ3v) is 3.03. The summed E-state index contributed by atoms with van der Waals surface area (Å²) in [5, 5.41) is 9.54. The van der Waals surface area contributed by atoms with Crippen LogP contribution in [0, 0.1) is 0 Å². The maximum Gasteiger partial charge on any atom is 0.225 e. The lowest BCUT2D eigenvalue weighted by atomic mass is 10.1. The molecule has 0 aliphatic carbocycles. The van der Waals surface area contributed by atoms with Gasteiger partial charge in [0.25, 0.3) is 0 Å². The van der Waals surface area contributed by atoms with Crippen LogP contribution in [0.5, 0.6) is 5.88 Å². The van der Waals surface area contributed by atoms with Gasteiger partial charge in [-0.25, -0.2) is 0 Å². The Bertz CT molecular complexity index is 289. The summed E-state index contributed by atoms with van der Waals surface area (Å²) in [6.45, 7) is 0.997. The van der Waals surface area contributed by atoms with E-state index in [1.54, 1.807) is 7.11 Å². The van der Waals surface area contributed by atoms with E-state index in [2.05, 4.69) is 4.37 Å². The van der Waals surface area contributed by atoms with Crippen molar-refractivity contribution < 1.29 is 14.6 Å². The zero-order valence-corrected chi connectivity index (χ0v) is 8.08. The highest BCUT2D eigenvalue weighted by molar-refractivity contribution is 7.06. The van der Waals surface area contributed by atoms with Crippen LogP contribution in [-0.4, -0.2) is 35.9 Å². The zero-order chi connectivity index (χ0) is 9.26. The van der Waals surface area contributed by atoms with E-state index in [0.717, 1.165) is 4.88 Å². The maximum atomic E-state index is 9.54. The lowest BCUT2D eigenvalue weighted by Crippen LogP contribution is -2.14. The van der Waals surface area contributed by atoms with Crippen LogP contribution >= 0.6 is 11.5 Å². The van der Waals surface area contributed by atoms with Crippen LogP contribution in [0.25, 0.3) is 0 Å². The number of methoxy groups -OCH3 is 1. The van der Waals surface area contributed by atoms with E-state index < -0.39 is 6.10 Å². The van der Waals surface area contributed by atoms with E-state index in [1.807, 2.05) is 6.07 Å². The predicted molar refractivity (Wildman–Crippen MR) is 48.2 cm³/mol. The molecule has 1 aliphatic rings. The Labute approximate surface area is 80.3 Å². The molecule has 0 saturated carbocycles. The van der Waals surface area contributed by atoms with Gasteiger partial charge < -0.3 is 14.6 Å². The number of aliphatic hydroxyl groups excluding tert-OH is 1. The van der Waals surface area contributed by atoms with E-state index in [0.29, 0.717) is 19.1 Å². The molecule has 2 atom stereocenters. The molecule has 72 valence electrons. The Morgan fingerprint density at radius 3 is 3.08 bits per heavy atom. The molecule has 1 saturated heterocycles. The Morgan fingerprint density at radius 2 is 2.54 bits per heavy atom. The fourth-order valence-electron chi connectivity index (χ4n) is 1.36. The molecule has 1 aliphatic heterocycles. The van der Waals surface area contributed by atoms with E-state index in [-0.39, 0.29) is 5.92 Å². The first kappa shape index (κ1) is 8.93. The molecule has 2 rings (SSSR count). The molecule has 0 spiro atoms. The highest BCUT2D eigenvalue weighted by atomic mass is 32.1. The van der Waals surface area contributed by atoms with Gasteiger partial charge >= 0.3 is 0 Å². The van der Waals surface area contributed by atoms with Crippen LogP contribution in [0.2, 0.25) is 0 Å². The number of hydrogen-bond acceptors (Lipinski definition) is 5. The molecule has 1 aromatic heterocycles. The first-order valence-corrected chi connectivity index (χ1v) is 4.85. The van der Waals surface area contributed by atoms with Crippen molar-refractivity contribution in [3.8, 4) is 5.88 Å². The Balaban J connectivity index is 2.15. The minimum Gasteiger partial charge on any atom is -0.480 e. The van der Waals surface area contributed by atoms with Crippen molar-refractivity contribution in [1.29, 1.82) is 0 Å². The molecule has 0 bridgehead atoms. The molecule has 13 heavy (non-hydrogen) atoms. The highest BCUT2D eigenvalue weighted by Crippen LogP contribution is 2.30. The van der Waals surface area contributed by atoms with Gasteiger partial charge in [-0.05, 0) is 11.5 Å². The zero-order valence-electron chi connectivity index (χ0n) is 7.27. The summed E-state index contributed by atoms with van der Waals surface area (Å²) in [6.07, 6.45) is -0.398. The second-order valence-corrected chi connectivity index (χ2v) is 3.82. The van der Waals surface area contributed by atoms with Crippen LogP contribution in [-0.2, 0) is 4.74 Å². The second kappa shape index (κ2) is 3.61. The largest absolute Gasteiger partial charge is 0.480 e. The summed E-state index contributed by atoms with van der Waals surface area (Å²) in [5.74, 6) is 0.681. The summed E-state index contributed by atoms with van der Waals surface area (Å²) in [7, 11) is 1.58. The summed E-state index contributed by atoms with van der Waals surface area (Å²) < 4.78 is 14.2. The van der Waals surface area contributed by atoms with Gasteiger partial charge in [0.15, 0.2) is 0 Å². The molecule has 5 heteroatoms. The van der Waals surface area contributed by atoms with Gasteiger partial charge in [-0.1, -0.05) is 0 Å². The van der Waals surface area contributed by atoms with Crippen molar-refractivity contribution in [2.24, 2.45) is 0 Å². The minimum absolute atomic E-state index is 0.0707. The van der Waals surface area contributed by atoms with E-state index in [9.17, 15) is 5.11 Å². The molecule has 2 heterocycles. The normalized spacial score (nSPS) is 27.8. The van der Waals surface area contributed by atoms with Crippen LogP contribution in [0.1, 0.15) is 10.8 Å². The molecule has 0 radical (unpaired) electrons. The number of ether oxygens (including phenoxy) is 2. The SMILES string of the molecule is COc1cc([C@@H]2COC[C@H]2O)sn1. The summed E-state index contributed by atoms with van der Waals surface area (Å²) >= 11 is 1.36. The Kier molecular flexibility index (Phi) is 2.48. The molecule has 1 aromatic rings. The smallest absolute Gasteiger partial charge is 0.225 e. The molecule has 4 nitrogen and oxygen atoms in total. The fraction of sp³-hybridized carbons (Fsp3) is 0.625. The first-order chi connectivity index (χ1) is 6.31. The molecule has 0 aromatic carbocycles. The maximum absolute atomic E-state index is 9.54. The standard InChI is InChI=1S/C8H11NO3S/c1-11-8-2-7(13-9-8)5-3-12-4-6(5)10/h2,5-6,10H,3-4H2,1H3/t5-,6-/m1/s1. The molecule has 1 N–H and O–H groups in total. The predicted octanol–water partition coefficient (Wildman–Crippen LogP) is 0.626. The van der Waals surface area contributed by atoms with Gasteiger partial charge in [-0.15, -0.1) is 0 Å². The number of nitrogens with zero attached hydrogens (tertiary/aromatic N) is 1. The van der Waals surface area contributed by atoms with Crippen molar-refractivity contribution >= 4 is 11.5 Å². The third kappa shape index (κ3) is 1.67. The highest BCUT2D eigenvalue weighted by Gasteiger charge is 2.29. The van der Waals surface area contributed by atoms with Gasteiger partial charge in [0, 0.05) is 16.9 Å². The van der Waals surface area contributed by atoms with Gasteiger partial charge in [0.2, 0.25) is 5.88 Å². The Morgan fingerprint density at radius 1 is 1.69 bits per heavy atom. The van der Waals surface area contributed by atoms with Crippen molar-refractivity contribution in [3.63, 3.8) is 0 Å². The summed E-state index contributed by atoms with van der Waals surface area (Å²) in [5.41, 5.74) is 0. The van der Waals surface area contributed by atoms with Gasteiger partial charge in [-0.3, -0.25) is 0 Å². The minimum atomic E-state index is -0.398. The molecule has 0 amide bonds. The molecule has 1 fully saturated rings. The van der Waals surface area contributed by atoms with Crippen LogP contribution in [0.15, 0.2) is 6.07 Å². The van der Waals surface area contributed by atoms with Crippen LogP contribution in [0.3, 0.4) is 0 Å². The van der Waals surface area contributed by atoms with Crippen LogP contribution < -0.4 is 4.74 Å². The van der Waals surface area contributed by atoms with Crippen molar-refractivity contribution in [3.05, 3.63) is 10.9 Å². The van der Waals surface area contributed by atoms with E-state index in [4.69, 9.17) is 9.47 Å². The van der Waals surface area contributed by atoms with E-state index >= 15 is 0 Å². The average molecular weight is 201 g/mol. The number of hydrogen-bond donors (Lipinski definition) is 1. The average Bonchev–Trinajstić information content (AvgIpc) is 2.71. The Hall–Kier alpha value is -0.650. The first-order valence-electron chi connectivity index (χ1n) is 4.07. The number of rotatable bonds is 2. The van der Waals surface area contributed by atoms with Crippen molar-refractivity contribution in [2.75, 3.05) is 20.3 Å². The van der Waals surface area contributed by atoms with Gasteiger partial charge in [0.05, 0.1) is 26.4 Å². The summed E-state index contributed by atoms with van der Waals surface area (Å²) in [6, 6.07) is 1.85. The van der Waals surface area contributed by atoms with Gasteiger partial charge in [0.1, 0.15) is 0 Å². The summed E-state index contributed by atoms with van der Waals surface area (Å²) in [4.78, 5) is 1.03. The third-order valence-electron chi connectivity index (χ3n) is 2.13. The second-order valence-electron chi connectivity index (χ2n) is 2.98. The topological polar surface area (TPSA) is 51.6 Å². The van der Waals surface area contributed by atoms with Crippen LogP contribution in [0.4, 0.5) is 0 Å². The van der Waals surface area contributed by atoms with Gasteiger partial charge in [-0.2, -0.15) is 4.37 Å².